The summed E-state index contributed by atoms with van der Waals surface area (Å²) in [5, 5.41) is 2.92. The van der Waals surface area contributed by atoms with E-state index < -0.39 is 0 Å². The Hall–Kier alpha value is -2.49. The van der Waals surface area contributed by atoms with Gasteiger partial charge in [0.15, 0.2) is 11.5 Å². The lowest BCUT2D eigenvalue weighted by Crippen LogP contribution is -2.25. The molecule has 2 aromatic rings. The molecule has 21 heavy (non-hydrogen) atoms. The lowest BCUT2D eigenvalue weighted by atomic mass is 10.1. The normalized spacial score (nSPS) is 12.2. The number of aryl methyl sites for hydroxylation is 1. The number of ether oxygens (including phenoxy) is 2. The summed E-state index contributed by atoms with van der Waals surface area (Å²) in [5.41, 5.74) is 2.95. The first-order valence-corrected chi connectivity index (χ1v) is 6.96. The van der Waals surface area contributed by atoms with Crippen LogP contribution in [0.15, 0.2) is 42.5 Å². The maximum Gasteiger partial charge on any atom is 0.251 e. The minimum Gasteiger partial charge on any atom is -0.454 e. The zero-order valence-corrected chi connectivity index (χ0v) is 11.9. The summed E-state index contributed by atoms with van der Waals surface area (Å²) in [6, 6.07) is 13.4. The third kappa shape index (κ3) is 3.16. The average Bonchev–Trinajstić information content (AvgIpc) is 2.95. The fourth-order valence-corrected chi connectivity index (χ4v) is 2.22. The number of nitrogens with one attached hydrogen (secondary N) is 1. The highest BCUT2D eigenvalue weighted by Crippen LogP contribution is 2.32. The molecule has 0 fully saturated rings. The second kappa shape index (κ2) is 5.87. The number of carbonyl (C=O) groups excluding carboxylic acids is 1. The van der Waals surface area contributed by atoms with Gasteiger partial charge in [-0.25, -0.2) is 0 Å². The Bertz CT molecular complexity index is 650. The number of carbonyl (C=O) groups is 1. The number of hydrogen-bond acceptors (Lipinski definition) is 3. The number of amides is 1. The van der Waals surface area contributed by atoms with Gasteiger partial charge >= 0.3 is 0 Å². The molecule has 4 heteroatoms. The summed E-state index contributed by atoms with van der Waals surface area (Å²) in [6.07, 6.45) is 0.758. The summed E-state index contributed by atoms with van der Waals surface area (Å²) in [7, 11) is 0. The zero-order chi connectivity index (χ0) is 14.7. The smallest absolute Gasteiger partial charge is 0.251 e. The zero-order valence-electron chi connectivity index (χ0n) is 11.9. The van der Waals surface area contributed by atoms with Crippen molar-refractivity contribution >= 4 is 5.91 Å². The van der Waals surface area contributed by atoms with Crippen LogP contribution in [0.4, 0.5) is 0 Å². The van der Waals surface area contributed by atoms with E-state index in [1.807, 2.05) is 49.4 Å². The fraction of sp³-hybridized carbons (Fsp3) is 0.235. The molecule has 1 heterocycles. The van der Waals surface area contributed by atoms with E-state index in [0.717, 1.165) is 29.0 Å². The number of hydrogen-bond donors (Lipinski definition) is 1. The van der Waals surface area contributed by atoms with Crippen molar-refractivity contribution in [3.05, 3.63) is 59.2 Å². The second-order valence-corrected chi connectivity index (χ2v) is 5.06. The first-order chi connectivity index (χ1) is 10.2. The van der Waals surface area contributed by atoms with Gasteiger partial charge < -0.3 is 14.8 Å². The van der Waals surface area contributed by atoms with E-state index in [9.17, 15) is 4.79 Å². The van der Waals surface area contributed by atoms with Gasteiger partial charge in [-0.05, 0) is 43.2 Å². The van der Waals surface area contributed by atoms with Gasteiger partial charge in [-0.2, -0.15) is 0 Å². The highest BCUT2D eigenvalue weighted by molar-refractivity contribution is 5.94. The Kier molecular flexibility index (Phi) is 3.77. The van der Waals surface area contributed by atoms with Crippen molar-refractivity contribution in [2.75, 3.05) is 13.3 Å². The topological polar surface area (TPSA) is 47.6 Å². The van der Waals surface area contributed by atoms with Crippen LogP contribution < -0.4 is 14.8 Å². The van der Waals surface area contributed by atoms with E-state index in [4.69, 9.17) is 9.47 Å². The van der Waals surface area contributed by atoms with Crippen molar-refractivity contribution in [3.63, 3.8) is 0 Å². The molecule has 0 radical (unpaired) electrons. The minimum absolute atomic E-state index is 0.0456. The minimum atomic E-state index is -0.0456. The van der Waals surface area contributed by atoms with Crippen molar-refractivity contribution in [2.45, 2.75) is 13.3 Å². The van der Waals surface area contributed by atoms with Crippen molar-refractivity contribution in [1.29, 1.82) is 0 Å². The Labute approximate surface area is 123 Å². The van der Waals surface area contributed by atoms with E-state index in [1.165, 1.54) is 0 Å². The molecule has 3 rings (SSSR count). The predicted molar refractivity (Wildman–Crippen MR) is 79.8 cm³/mol. The maximum atomic E-state index is 12.0. The van der Waals surface area contributed by atoms with E-state index >= 15 is 0 Å². The molecule has 0 atom stereocenters. The van der Waals surface area contributed by atoms with Crippen LogP contribution in [0.5, 0.6) is 11.5 Å². The van der Waals surface area contributed by atoms with Crippen LogP contribution in [-0.2, 0) is 6.42 Å². The van der Waals surface area contributed by atoms with Crippen LogP contribution in [0.25, 0.3) is 0 Å². The van der Waals surface area contributed by atoms with Crippen LogP contribution in [0.2, 0.25) is 0 Å². The van der Waals surface area contributed by atoms with Crippen molar-refractivity contribution < 1.29 is 14.3 Å². The van der Waals surface area contributed by atoms with Crippen LogP contribution in [0, 0.1) is 6.92 Å². The summed E-state index contributed by atoms with van der Waals surface area (Å²) in [4.78, 5) is 12.0. The summed E-state index contributed by atoms with van der Waals surface area (Å²) in [6.45, 7) is 2.87. The third-order valence-electron chi connectivity index (χ3n) is 3.45. The lowest BCUT2D eigenvalue weighted by molar-refractivity contribution is 0.0954. The monoisotopic (exact) mass is 283 g/mol. The van der Waals surface area contributed by atoms with E-state index in [0.29, 0.717) is 12.1 Å². The molecule has 1 aliphatic rings. The van der Waals surface area contributed by atoms with Crippen LogP contribution in [0.3, 0.4) is 0 Å². The van der Waals surface area contributed by atoms with Crippen LogP contribution >= 0.6 is 0 Å². The molecule has 0 unspecified atom stereocenters. The summed E-state index contributed by atoms with van der Waals surface area (Å²) >= 11 is 0. The molecule has 0 aliphatic carbocycles. The summed E-state index contributed by atoms with van der Waals surface area (Å²) < 4.78 is 10.6. The number of fused-ring (bicyclic) bond motifs is 1. The van der Waals surface area contributed by atoms with E-state index in [2.05, 4.69) is 5.32 Å². The molecule has 1 N–H and O–H groups in total. The standard InChI is InChI=1S/C17H17NO3/c1-12-2-5-14(6-3-12)17(19)18-9-8-13-4-7-15-16(10-13)21-11-20-15/h2-7,10H,8-9,11H2,1H3,(H,18,19). The molecule has 0 saturated carbocycles. The van der Waals surface area contributed by atoms with Gasteiger partial charge in [-0.3, -0.25) is 4.79 Å². The molecule has 0 spiro atoms. The highest BCUT2D eigenvalue weighted by Gasteiger charge is 2.13. The first kappa shape index (κ1) is 13.5. The predicted octanol–water partition coefficient (Wildman–Crippen LogP) is 2.70. The van der Waals surface area contributed by atoms with Crippen LogP contribution in [-0.4, -0.2) is 19.2 Å². The molecule has 0 aromatic heterocycles. The number of rotatable bonds is 4. The van der Waals surface area contributed by atoms with Crippen molar-refractivity contribution in [1.82, 2.24) is 5.32 Å². The molecule has 0 bridgehead atoms. The van der Waals surface area contributed by atoms with Gasteiger partial charge in [-0.1, -0.05) is 23.8 Å². The summed E-state index contributed by atoms with van der Waals surface area (Å²) in [5.74, 6) is 1.51. The average molecular weight is 283 g/mol. The Morgan fingerprint density at radius 3 is 2.67 bits per heavy atom. The SMILES string of the molecule is Cc1ccc(C(=O)NCCc2ccc3c(c2)OCO3)cc1. The van der Waals surface area contributed by atoms with Gasteiger partial charge in [0.1, 0.15) is 0 Å². The van der Waals surface area contributed by atoms with Crippen molar-refractivity contribution in [3.8, 4) is 11.5 Å². The lowest BCUT2D eigenvalue weighted by Gasteiger charge is -2.06. The first-order valence-electron chi connectivity index (χ1n) is 6.96. The molecular formula is C17H17NO3. The molecule has 0 saturated heterocycles. The Morgan fingerprint density at radius 2 is 1.86 bits per heavy atom. The number of benzene rings is 2. The largest absolute Gasteiger partial charge is 0.454 e. The molecule has 4 nitrogen and oxygen atoms in total. The fourth-order valence-electron chi connectivity index (χ4n) is 2.22. The second-order valence-electron chi connectivity index (χ2n) is 5.06. The van der Waals surface area contributed by atoms with Gasteiger partial charge in [-0.15, -0.1) is 0 Å². The Balaban J connectivity index is 1.54. The van der Waals surface area contributed by atoms with Gasteiger partial charge in [0, 0.05) is 12.1 Å². The highest BCUT2D eigenvalue weighted by atomic mass is 16.7. The maximum absolute atomic E-state index is 12.0. The van der Waals surface area contributed by atoms with E-state index in [-0.39, 0.29) is 12.7 Å². The molecule has 2 aromatic carbocycles. The third-order valence-corrected chi connectivity index (χ3v) is 3.45. The quantitative estimate of drug-likeness (QED) is 0.938. The Morgan fingerprint density at radius 1 is 1.10 bits per heavy atom. The molecular weight excluding hydrogens is 266 g/mol. The van der Waals surface area contributed by atoms with Gasteiger partial charge in [0.25, 0.3) is 5.91 Å². The van der Waals surface area contributed by atoms with Crippen molar-refractivity contribution in [2.24, 2.45) is 0 Å². The molecule has 1 aliphatic heterocycles. The van der Waals surface area contributed by atoms with Crippen LogP contribution in [0.1, 0.15) is 21.5 Å². The van der Waals surface area contributed by atoms with Gasteiger partial charge in [0.2, 0.25) is 6.79 Å². The van der Waals surface area contributed by atoms with Gasteiger partial charge in [0.05, 0.1) is 0 Å². The molecule has 1 amide bonds. The molecule has 108 valence electrons. The van der Waals surface area contributed by atoms with E-state index in [1.54, 1.807) is 0 Å².